The van der Waals surface area contributed by atoms with E-state index in [9.17, 15) is 4.79 Å². The molecule has 1 saturated heterocycles. The summed E-state index contributed by atoms with van der Waals surface area (Å²) in [5.74, 6) is 0.663. The molecule has 0 radical (unpaired) electrons. The molecule has 5 rings (SSSR count). The number of pyridine rings is 1. The van der Waals surface area contributed by atoms with E-state index in [0.717, 1.165) is 49.2 Å². The standard InChI is InChI=1S/C26H31N7O2/c1-19-8-9-21-17-22(26(34)27-23(21)16-19)24(25-28-29-30-33(25)14-15-35-2)32-12-10-31(11-13-32)18-20-6-4-3-5-7-20/h3-9,16-17,24H,10-15,18H2,1-2H3,(H,27,34). The van der Waals surface area contributed by atoms with Gasteiger partial charge < -0.3 is 9.72 Å². The zero-order valence-electron chi connectivity index (χ0n) is 20.2. The number of aryl methyl sites for hydroxylation is 1. The number of methoxy groups -OCH3 is 1. The minimum atomic E-state index is -0.352. The van der Waals surface area contributed by atoms with Crippen LogP contribution in [-0.2, 0) is 17.8 Å². The van der Waals surface area contributed by atoms with Crippen molar-refractivity contribution in [3.63, 3.8) is 0 Å². The molecule has 1 unspecified atom stereocenters. The first-order valence-corrected chi connectivity index (χ1v) is 12.0. The lowest BCUT2D eigenvalue weighted by atomic mass is 10.0. The van der Waals surface area contributed by atoms with Crippen molar-refractivity contribution in [2.24, 2.45) is 0 Å². The van der Waals surface area contributed by atoms with Crippen molar-refractivity contribution in [1.82, 2.24) is 35.0 Å². The Morgan fingerprint density at radius 2 is 1.86 bits per heavy atom. The van der Waals surface area contributed by atoms with Gasteiger partial charge >= 0.3 is 0 Å². The second-order valence-corrected chi connectivity index (χ2v) is 9.10. The number of fused-ring (bicyclic) bond motifs is 1. The van der Waals surface area contributed by atoms with Crippen LogP contribution in [0.4, 0.5) is 0 Å². The second-order valence-electron chi connectivity index (χ2n) is 9.10. The Kier molecular flexibility index (Phi) is 6.98. The van der Waals surface area contributed by atoms with Gasteiger partial charge in [-0.1, -0.05) is 42.5 Å². The third-order valence-corrected chi connectivity index (χ3v) is 6.66. The lowest BCUT2D eigenvalue weighted by molar-refractivity contribution is 0.0984. The summed E-state index contributed by atoms with van der Waals surface area (Å²) in [6, 6.07) is 18.3. The molecule has 0 amide bonds. The quantitative estimate of drug-likeness (QED) is 0.420. The van der Waals surface area contributed by atoms with Crippen molar-refractivity contribution in [3.8, 4) is 0 Å². The largest absolute Gasteiger partial charge is 0.383 e. The fraction of sp³-hybridized carbons (Fsp3) is 0.385. The Balaban J connectivity index is 1.47. The molecule has 1 aliphatic rings. The summed E-state index contributed by atoms with van der Waals surface area (Å²) >= 11 is 0. The number of hydrogen-bond donors (Lipinski definition) is 1. The zero-order valence-corrected chi connectivity index (χ0v) is 20.2. The first-order valence-electron chi connectivity index (χ1n) is 12.0. The highest BCUT2D eigenvalue weighted by atomic mass is 16.5. The van der Waals surface area contributed by atoms with Gasteiger partial charge in [-0.2, -0.15) is 0 Å². The molecule has 182 valence electrons. The van der Waals surface area contributed by atoms with E-state index >= 15 is 0 Å². The Morgan fingerprint density at radius 3 is 2.63 bits per heavy atom. The molecule has 1 aliphatic heterocycles. The number of piperazine rings is 1. The minimum absolute atomic E-state index is 0.110. The van der Waals surface area contributed by atoms with Gasteiger partial charge in [0.15, 0.2) is 5.82 Å². The van der Waals surface area contributed by atoms with Gasteiger partial charge in [-0.25, -0.2) is 4.68 Å². The summed E-state index contributed by atoms with van der Waals surface area (Å²) in [6.07, 6.45) is 0. The summed E-state index contributed by atoms with van der Waals surface area (Å²) in [5, 5.41) is 13.5. The predicted octanol–water partition coefficient (Wildman–Crippen LogP) is 2.38. The molecule has 9 nitrogen and oxygen atoms in total. The number of aromatic nitrogens is 5. The molecule has 3 heterocycles. The molecule has 1 N–H and O–H groups in total. The minimum Gasteiger partial charge on any atom is -0.383 e. The highest BCUT2D eigenvalue weighted by Crippen LogP contribution is 2.28. The molecule has 9 heteroatoms. The fourth-order valence-corrected chi connectivity index (χ4v) is 4.80. The maximum absolute atomic E-state index is 13.4. The smallest absolute Gasteiger partial charge is 0.253 e. The average Bonchev–Trinajstić information content (AvgIpc) is 3.33. The second kappa shape index (κ2) is 10.5. The highest BCUT2D eigenvalue weighted by molar-refractivity contribution is 5.79. The number of H-pyrrole nitrogens is 1. The van der Waals surface area contributed by atoms with E-state index < -0.39 is 0 Å². The van der Waals surface area contributed by atoms with Crippen LogP contribution in [0.5, 0.6) is 0 Å². The lowest BCUT2D eigenvalue weighted by Crippen LogP contribution is -2.48. The summed E-state index contributed by atoms with van der Waals surface area (Å²) in [6.45, 7) is 7.36. The monoisotopic (exact) mass is 473 g/mol. The van der Waals surface area contributed by atoms with Crippen LogP contribution in [0.2, 0.25) is 0 Å². The van der Waals surface area contributed by atoms with Gasteiger partial charge in [-0.05, 0) is 46.0 Å². The lowest BCUT2D eigenvalue weighted by Gasteiger charge is -2.38. The number of rotatable bonds is 8. The first-order chi connectivity index (χ1) is 17.1. The Hall–Kier alpha value is -3.40. The molecule has 0 bridgehead atoms. The summed E-state index contributed by atoms with van der Waals surface area (Å²) in [4.78, 5) is 21.2. The van der Waals surface area contributed by atoms with Gasteiger partial charge in [0.05, 0.1) is 13.2 Å². The maximum atomic E-state index is 13.4. The molecule has 0 spiro atoms. The number of nitrogens with one attached hydrogen (secondary N) is 1. The number of nitrogens with zero attached hydrogens (tertiary/aromatic N) is 6. The molecule has 2 aromatic heterocycles. The Bertz CT molecular complexity index is 1330. The van der Waals surface area contributed by atoms with Gasteiger partial charge in [-0.3, -0.25) is 14.6 Å². The SMILES string of the molecule is COCCn1nnnc1C(c1cc2ccc(C)cc2[nH]c1=O)N1CCN(Cc2ccccc2)CC1. The van der Waals surface area contributed by atoms with E-state index in [1.165, 1.54) is 5.56 Å². The third kappa shape index (κ3) is 5.17. The molecule has 2 aromatic carbocycles. The van der Waals surface area contributed by atoms with E-state index in [0.29, 0.717) is 24.5 Å². The number of tetrazole rings is 1. The summed E-state index contributed by atoms with van der Waals surface area (Å²) < 4.78 is 7.01. The van der Waals surface area contributed by atoms with Crippen molar-refractivity contribution in [3.05, 3.63) is 87.5 Å². The zero-order chi connectivity index (χ0) is 24.2. The van der Waals surface area contributed by atoms with E-state index in [2.05, 4.69) is 60.6 Å². The third-order valence-electron chi connectivity index (χ3n) is 6.66. The van der Waals surface area contributed by atoms with Crippen molar-refractivity contribution < 1.29 is 4.74 Å². The van der Waals surface area contributed by atoms with E-state index in [1.54, 1.807) is 11.8 Å². The number of benzene rings is 2. The number of aromatic amines is 1. The normalized spacial score (nSPS) is 16.1. The molecule has 1 fully saturated rings. The van der Waals surface area contributed by atoms with Crippen LogP contribution >= 0.6 is 0 Å². The van der Waals surface area contributed by atoms with Crippen LogP contribution in [-0.4, -0.2) is 74.9 Å². The van der Waals surface area contributed by atoms with Crippen LogP contribution in [0.25, 0.3) is 10.9 Å². The average molecular weight is 474 g/mol. The highest BCUT2D eigenvalue weighted by Gasteiger charge is 2.32. The fourth-order valence-electron chi connectivity index (χ4n) is 4.80. The van der Waals surface area contributed by atoms with Crippen molar-refractivity contribution >= 4 is 10.9 Å². The van der Waals surface area contributed by atoms with E-state index in [4.69, 9.17) is 4.74 Å². The molecule has 4 aromatic rings. The molecule has 1 atom stereocenters. The molecule has 0 saturated carbocycles. The van der Waals surface area contributed by atoms with E-state index in [1.807, 2.05) is 31.2 Å². The van der Waals surface area contributed by atoms with Gasteiger partial charge in [0.2, 0.25) is 0 Å². The number of ether oxygens (including phenoxy) is 1. The summed E-state index contributed by atoms with van der Waals surface area (Å²) in [7, 11) is 1.66. The summed E-state index contributed by atoms with van der Waals surface area (Å²) in [5.41, 5.74) is 3.80. The van der Waals surface area contributed by atoms with Crippen LogP contribution in [0.1, 0.15) is 28.6 Å². The van der Waals surface area contributed by atoms with Gasteiger partial charge in [0.1, 0.15) is 6.04 Å². The van der Waals surface area contributed by atoms with Crippen LogP contribution < -0.4 is 5.56 Å². The molecule has 0 aliphatic carbocycles. The van der Waals surface area contributed by atoms with Crippen molar-refractivity contribution in [2.75, 3.05) is 39.9 Å². The van der Waals surface area contributed by atoms with Gasteiger partial charge in [0.25, 0.3) is 5.56 Å². The number of hydrogen-bond acceptors (Lipinski definition) is 7. The van der Waals surface area contributed by atoms with Crippen molar-refractivity contribution in [1.29, 1.82) is 0 Å². The molecular formula is C26H31N7O2. The molecular weight excluding hydrogens is 442 g/mol. The first kappa shape index (κ1) is 23.3. The molecule has 35 heavy (non-hydrogen) atoms. The van der Waals surface area contributed by atoms with Crippen LogP contribution in [0, 0.1) is 6.92 Å². The Labute approximate surface area is 204 Å². The topological polar surface area (TPSA) is 92.2 Å². The maximum Gasteiger partial charge on any atom is 0.253 e. The van der Waals surface area contributed by atoms with Gasteiger partial charge in [0, 0.05) is 50.9 Å². The van der Waals surface area contributed by atoms with Gasteiger partial charge in [-0.15, -0.1) is 5.10 Å². The predicted molar refractivity (Wildman–Crippen MR) is 134 cm³/mol. The van der Waals surface area contributed by atoms with Crippen LogP contribution in [0.15, 0.2) is 59.4 Å². The van der Waals surface area contributed by atoms with Crippen molar-refractivity contribution in [2.45, 2.75) is 26.1 Å². The van der Waals surface area contributed by atoms with E-state index in [-0.39, 0.29) is 11.6 Å². The van der Waals surface area contributed by atoms with Crippen LogP contribution in [0.3, 0.4) is 0 Å². The Morgan fingerprint density at radius 1 is 1.06 bits per heavy atom.